The van der Waals surface area contributed by atoms with Gasteiger partial charge in [-0.3, -0.25) is 4.79 Å². The summed E-state index contributed by atoms with van der Waals surface area (Å²) in [7, 11) is 1.66. The number of hydrogen-bond acceptors (Lipinski definition) is 3. The van der Waals surface area contributed by atoms with Crippen LogP contribution in [0.3, 0.4) is 0 Å². The zero-order valence-electron chi connectivity index (χ0n) is 10.5. The highest BCUT2D eigenvalue weighted by Gasteiger charge is 2.13. The molecule has 1 rings (SSSR count). The fraction of sp³-hybridized carbons (Fsp3) is 0.500. The largest absolute Gasteiger partial charge is 0.501 e. The molecule has 0 amide bonds. The highest BCUT2D eigenvalue weighted by atomic mass is 16.5. The molecule has 3 nitrogen and oxygen atoms in total. The number of allylic oxidation sites excluding steroid dienone is 5. The quantitative estimate of drug-likeness (QED) is 0.690. The van der Waals surface area contributed by atoms with E-state index in [4.69, 9.17) is 10.5 Å². The number of Topliss-reactive ketones (excluding diaryl/α,β-unsaturated/α-hetero) is 1. The average Bonchev–Trinajstić information content (AvgIpc) is 2.34. The number of carbonyl (C=O) groups is 1. The number of carbonyl (C=O) groups excluding carboxylic acids is 1. The van der Waals surface area contributed by atoms with E-state index in [1.54, 1.807) is 7.11 Å². The molecule has 0 unspecified atom stereocenters. The third kappa shape index (κ3) is 4.89. The lowest BCUT2D eigenvalue weighted by atomic mass is 9.96. The van der Waals surface area contributed by atoms with E-state index >= 15 is 0 Å². The maximum Gasteiger partial charge on any atom is 0.158 e. The smallest absolute Gasteiger partial charge is 0.158 e. The van der Waals surface area contributed by atoms with Crippen molar-refractivity contribution in [3.8, 4) is 0 Å². The first-order valence-corrected chi connectivity index (χ1v) is 6.03. The topological polar surface area (TPSA) is 52.3 Å². The number of rotatable bonds is 7. The van der Waals surface area contributed by atoms with E-state index in [1.165, 1.54) is 0 Å². The minimum absolute atomic E-state index is 0.249. The van der Waals surface area contributed by atoms with Gasteiger partial charge >= 0.3 is 0 Å². The third-order valence-electron chi connectivity index (χ3n) is 2.88. The molecule has 0 aromatic carbocycles. The lowest BCUT2D eigenvalue weighted by Gasteiger charge is -2.12. The van der Waals surface area contributed by atoms with Crippen molar-refractivity contribution in [2.24, 2.45) is 5.73 Å². The third-order valence-corrected chi connectivity index (χ3v) is 2.88. The van der Waals surface area contributed by atoms with Crippen LogP contribution < -0.4 is 5.73 Å². The molecule has 0 saturated heterocycles. The molecular weight excluding hydrogens is 214 g/mol. The Morgan fingerprint density at radius 2 is 2.06 bits per heavy atom. The van der Waals surface area contributed by atoms with Crippen LogP contribution in [0.4, 0.5) is 0 Å². The van der Waals surface area contributed by atoms with Crippen LogP contribution >= 0.6 is 0 Å². The Kier molecular flexibility index (Phi) is 5.53. The zero-order valence-corrected chi connectivity index (χ0v) is 10.5. The van der Waals surface area contributed by atoms with E-state index in [0.29, 0.717) is 12.1 Å². The SMILES string of the molecule is C=C(N)CCCCC(=O)C1=CC=C(OC)CC1. The second kappa shape index (κ2) is 6.94. The van der Waals surface area contributed by atoms with Crippen LogP contribution in [0.5, 0.6) is 0 Å². The van der Waals surface area contributed by atoms with E-state index in [-0.39, 0.29) is 5.78 Å². The Balaban J connectivity index is 2.31. The highest BCUT2D eigenvalue weighted by molar-refractivity contribution is 5.95. The summed E-state index contributed by atoms with van der Waals surface area (Å²) in [5, 5.41) is 0. The standard InChI is InChI=1S/C14H21NO2/c1-11(15)5-3-4-6-14(16)12-7-9-13(17-2)10-8-12/h7,9H,1,3-6,8,10,15H2,2H3. The van der Waals surface area contributed by atoms with Crippen molar-refractivity contribution in [2.45, 2.75) is 38.5 Å². The summed E-state index contributed by atoms with van der Waals surface area (Å²) in [6, 6.07) is 0. The van der Waals surface area contributed by atoms with Crippen molar-refractivity contribution in [2.75, 3.05) is 7.11 Å². The second-order valence-corrected chi connectivity index (χ2v) is 4.32. The number of ether oxygens (including phenoxy) is 1. The minimum atomic E-state index is 0.249. The van der Waals surface area contributed by atoms with Gasteiger partial charge in [-0.1, -0.05) is 12.7 Å². The first-order chi connectivity index (χ1) is 8.13. The van der Waals surface area contributed by atoms with Gasteiger partial charge < -0.3 is 10.5 Å². The first-order valence-electron chi connectivity index (χ1n) is 6.03. The normalized spacial score (nSPS) is 14.9. The van der Waals surface area contributed by atoms with Crippen LogP contribution in [0.2, 0.25) is 0 Å². The van der Waals surface area contributed by atoms with Crippen molar-refractivity contribution in [3.05, 3.63) is 35.8 Å². The molecule has 0 aliphatic heterocycles. The Hall–Kier alpha value is -1.51. The van der Waals surface area contributed by atoms with Gasteiger partial charge in [-0.25, -0.2) is 0 Å². The molecular formula is C14H21NO2. The van der Waals surface area contributed by atoms with E-state index in [0.717, 1.165) is 43.4 Å². The Labute approximate surface area is 103 Å². The predicted octanol–water partition coefficient (Wildman–Crippen LogP) is 2.84. The molecule has 17 heavy (non-hydrogen) atoms. The zero-order chi connectivity index (χ0) is 12.7. The first kappa shape index (κ1) is 13.6. The molecule has 0 saturated carbocycles. The summed E-state index contributed by atoms with van der Waals surface area (Å²) < 4.78 is 5.13. The Morgan fingerprint density at radius 1 is 1.35 bits per heavy atom. The maximum absolute atomic E-state index is 11.8. The molecule has 94 valence electrons. The molecule has 0 aromatic rings. The number of hydrogen-bond donors (Lipinski definition) is 1. The molecule has 0 fully saturated rings. The lowest BCUT2D eigenvalue weighted by molar-refractivity contribution is -0.115. The Morgan fingerprint density at radius 3 is 2.59 bits per heavy atom. The van der Waals surface area contributed by atoms with Crippen LogP contribution in [0.1, 0.15) is 38.5 Å². The molecule has 0 radical (unpaired) electrons. The monoisotopic (exact) mass is 235 g/mol. The maximum atomic E-state index is 11.8. The van der Waals surface area contributed by atoms with Crippen LogP contribution in [0, 0.1) is 0 Å². The summed E-state index contributed by atoms with van der Waals surface area (Å²) in [5.41, 5.74) is 7.08. The van der Waals surface area contributed by atoms with Crippen LogP contribution in [0.15, 0.2) is 35.8 Å². The number of nitrogens with two attached hydrogens (primary N) is 1. The van der Waals surface area contributed by atoms with Gasteiger partial charge in [-0.2, -0.15) is 0 Å². The Bertz CT molecular complexity index is 353. The van der Waals surface area contributed by atoms with Gasteiger partial charge in [-0.15, -0.1) is 0 Å². The number of ketones is 1. The van der Waals surface area contributed by atoms with E-state index in [1.807, 2.05) is 12.2 Å². The molecule has 0 atom stereocenters. The van der Waals surface area contributed by atoms with Crippen molar-refractivity contribution in [1.29, 1.82) is 0 Å². The highest BCUT2D eigenvalue weighted by Crippen LogP contribution is 2.21. The summed E-state index contributed by atoms with van der Waals surface area (Å²) in [5.74, 6) is 1.19. The molecule has 0 spiro atoms. The average molecular weight is 235 g/mol. The van der Waals surface area contributed by atoms with E-state index < -0.39 is 0 Å². The predicted molar refractivity (Wildman–Crippen MR) is 69.2 cm³/mol. The van der Waals surface area contributed by atoms with Crippen LogP contribution in [0.25, 0.3) is 0 Å². The molecule has 3 heteroatoms. The summed E-state index contributed by atoms with van der Waals surface area (Å²) in [4.78, 5) is 11.8. The summed E-state index contributed by atoms with van der Waals surface area (Å²) >= 11 is 0. The van der Waals surface area contributed by atoms with Crippen molar-refractivity contribution in [1.82, 2.24) is 0 Å². The minimum Gasteiger partial charge on any atom is -0.501 e. The molecule has 0 aromatic heterocycles. The molecule has 1 aliphatic rings. The number of unbranched alkanes of at least 4 members (excludes halogenated alkanes) is 1. The van der Waals surface area contributed by atoms with Gasteiger partial charge in [0.2, 0.25) is 0 Å². The van der Waals surface area contributed by atoms with Crippen molar-refractivity contribution in [3.63, 3.8) is 0 Å². The molecule has 1 aliphatic carbocycles. The van der Waals surface area contributed by atoms with Crippen molar-refractivity contribution >= 4 is 5.78 Å². The molecule has 2 N–H and O–H groups in total. The van der Waals surface area contributed by atoms with Crippen molar-refractivity contribution < 1.29 is 9.53 Å². The van der Waals surface area contributed by atoms with E-state index in [2.05, 4.69) is 6.58 Å². The van der Waals surface area contributed by atoms with Gasteiger partial charge in [0.15, 0.2) is 5.78 Å². The van der Waals surface area contributed by atoms with Gasteiger partial charge in [0.25, 0.3) is 0 Å². The van der Waals surface area contributed by atoms with Crippen LogP contribution in [-0.2, 0) is 9.53 Å². The van der Waals surface area contributed by atoms with E-state index in [9.17, 15) is 4.79 Å². The summed E-state index contributed by atoms with van der Waals surface area (Å²) in [6.45, 7) is 3.64. The molecule has 0 heterocycles. The van der Waals surface area contributed by atoms with Gasteiger partial charge in [0.05, 0.1) is 12.9 Å². The number of methoxy groups -OCH3 is 1. The summed E-state index contributed by atoms with van der Waals surface area (Å²) in [6.07, 6.45) is 8.62. The molecule has 0 bridgehead atoms. The fourth-order valence-electron chi connectivity index (χ4n) is 1.82. The fourth-order valence-corrected chi connectivity index (χ4v) is 1.82. The van der Waals surface area contributed by atoms with Gasteiger partial charge in [0.1, 0.15) is 0 Å². The van der Waals surface area contributed by atoms with Gasteiger partial charge in [0, 0.05) is 18.5 Å². The second-order valence-electron chi connectivity index (χ2n) is 4.32. The van der Waals surface area contributed by atoms with Crippen LogP contribution in [-0.4, -0.2) is 12.9 Å². The lowest BCUT2D eigenvalue weighted by Crippen LogP contribution is -2.06. The van der Waals surface area contributed by atoms with Gasteiger partial charge in [-0.05, 0) is 37.3 Å².